The minimum atomic E-state index is -0.197. The van der Waals surface area contributed by atoms with Crippen LogP contribution in [0.1, 0.15) is 60.3 Å². The Hall–Kier alpha value is -0.0800. The summed E-state index contributed by atoms with van der Waals surface area (Å²) in [7, 11) is 0. The van der Waals surface area contributed by atoms with Gasteiger partial charge in [0.05, 0.1) is 6.10 Å². The molecule has 0 radical (unpaired) electrons. The van der Waals surface area contributed by atoms with E-state index >= 15 is 0 Å². The van der Waals surface area contributed by atoms with Gasteiger partial charge in [-0.25, -0.2) is 0 Å². The summed E-state index contributed by atoms with van der Waals surface area (Å²) >= 11 is 0. The Bertz CT molecular complexity index is 159. The first-order valence-electron chi connectivity index (χ1n) is 6.88. The van der Waals surface area contributed by atoms with Gasteiger partial charge in [0, 0.05) is 12.6 Å². The summed E-state index contributed by atoms with van der Waals surface area (Å²) in [6, 6.07) is 0.525. The monoisotopic (exact) mass is 229 g/mol. The lowest BCUT2D eigenvalue weighted by molar-refractivity contribution is 0.109. The highest BCUT2D eigenvalue weighted by Gasteiger charge is 2.12. The van der Waals surface area contributed by atoms with E-state index in [1.165, 1.54) is 19.3 Å². The molecule has 0 heterocycles. The number of aliphatic hydroxyl groups excluding tert-OH is 1. The molecule has 98 valence electrons. The molecule has 2 N–H and O–H groups in total. The minimum Gasteiger partial charge on any atom is -0.392 e. The lowest BCUT2D eigenvalue weighted by Crippen LogP contribution is -2.36. The molecule has 2 nitrogen and oxygen atoms in total. The van der Waals surface area contributed by atoms with Gasteiger partial charge >= 0.3 is 0 Å². The molecule has 0 aliphatic heterocycles. The van der Waals surface area contributed by atoms with Crippen LogP contribution < -0.4 is 5.32 Å². The van der Waals surface area contributed by atoms with Gasteiger partial charge in [0.15, 0.2) is 0 Å². The number of hydrogen-bond acceptors (Lipinski definition) is 2. The molecule has 3 unspecified atom stereocenters. The van der Waals surface area contributed by atoms with E-state index in [1.54, 1.807) is 0 Å². The second-order valence-electron chi connectivity index (χ2n) is 5.59. The zero-order chi connectivity index (χ0) is 12.6. The van der Waals surface area contributed by atoms with Gasteiger partial charge < -0.3 is 10.4 Å². The largest absolute Gasteiger partial charge is 0.392 e. The van der Waals surface area contributed by atoms with Gasteiger partial charge in [-0.15, -0.1) is 0 Å². The standard InChI is InChI=1S/C14H31NO/c1-6-12(4)14(16)10-15-13(5)9-7-8-11(2)3/h11-16H,6-10H2,1-5H3. The predicted octanol–water partition coefficient (Wildman–Crippen LogP) is 3.20. The van der Waals surface area contributed by atoms with Crippen molar-refractivity contribution in [3.63, 3.8) is 0 Å². The molecule has 0 aromatic carbocycles. The van der Waals surface area contributed by atoms with E-state index in [1.807, 2.05) is 0 Å². The van der Waals surface area contributed by atoms with Crippen molar-refractivity contribution >= 4 is 0 Å². The first-order valence-corrected chi connectivity index (χ1v) is 6.88. The maximum Gasteiger partial charge on any atom is 0.0690 e. The van der Waals surface area contributed by atoms with Crippen LogP contribution in [0.3, 0.4) is 0 Å². The molecule has 0 spiro atoms. The van der Waals surface area contributed by atoms with Gasteiger partial charge in [0.2, 0.25) is 0 Å². The van der Waals surface area contributed by atoms with Crippen molar-refractivity contribution in [2.45, 2.75) is 72.4 Å². The van der Waals surface area contributed by atoms with Crippen LogP contribution in [0.5, 0.6) is 0 Å². The Kier molecular flexibility index (Phi) is 8.96. The second-order valence-corrected chi connectivity index (χ2v) is 5.59. The molecule has 0 aromatic rings. The molecule has 0 fully saturated rings. The number of rotatable bonds is 9. The number of hydrogen-bond donors (Lipinski definition) is 2. The topological polar surface area (TPSA) is 32.3 Å². The van der Waals surface area contributed by atoms with Crippen LogP contribution >= 0.6 is 0 Å². The van der Waals surface area contributed by atoms with Gasteiger partial charge in [0.25, 0.3) is 0 Å². The van der Waals surface area contributed by atoms with Crippen LogP contribution in [-0.4, -0.2) is 23.8 Å². The summed E-state index contributed by atoms with van der Waals surface area (Å²) in [4.78, 5) is 0. The average Bonchev–Trinajstić information content (AvgIpc) is 2.24. The Balaban J connectivity index is 3.53. The molecule has 16 heavy (non-hydrogen) atoms. The van der Waals surface area contributed by atoms with Crippen LogP contribution in [0.25, 0.3) is 0 Å². The Morgan fingerprint density at radius 1 is 1.06 bits per heavy atom. The smallest absolute Gasteiger partial charge is 0.0690 e. The summed E-state index contributed by atoms with van der Waals surface area (Å²) in [5.74, 6) is 1.20. The molecule has 0 saturated heterocycles. The lowest BCUT2D eigenvalue weighted by Gasteiger charge is -2.21. The van der Waals surface area contributed by atoms with Crippen LogP contribution in [0.2, 0.25) is 0 Å². The summed E-state index contributed by atoms with van der Waals surface area (Å²) in [6.07, 6.45) is 4.65. The molecule has 0 aliphatic rings. The third-order valence-corrected chi connectivity index (χ3v) is 3.39. The summed E-state index contributed by atoms with van der Waals surface area (Å²) in [6.45, 7) is 11.7. The zero-order valence-electron chi connectivity index (χ0n) is 11.8. The first-order chi connectivity index (χ1) is 7.47. The molecular weight excluding hydrogens is 198 g/mol. The fraction of sp³-hybridized carbons (Fsp3) is 1.00. The van der Waals surface area contributed by atoms with E-state index < -0.39 is 0 Å². The second kappa shape index (κ2) is 9.00. The predicted molar refractivity (Wildman–Crippen MR) is 71.6 cm³/mol. The van der Waals surface area contributed by atoms with Crippen LogP contribution in [0, 0.1) is 11.8 Å². The SMILES string of the molecule is CCC(C)C(O)CNC(C)CCCC(C)C. The van der Waals surface area contributed by atoms with Gasteiger partial charge in [-0.3, -0.25) is 0 Å². The van der Waals surface area contributed by atoms with Gasteiger partial charge in [-0.1, -0.05) is 47.0 Å². The van der Waals surface area contributed by atoms with Crippen molar-refractivity contribution in [2.75, 3.05) is 6.54 Å². The molecule has 0 aromatic heterocycles. The fourth-order valence-corrected chi connectivity index (χ4v) is 1.73. The first kappa shape index (κ1) is 15.9. The van der Waals surface area contributed by atoms with Gasteiger partial charge in [0.1, 0.15) is 0 Å². The van der Waals surface area contributed by atoms with Crippen LogP contribution in [-0.2, 0) is 0 Å². The molecule has 0 rings (SSSR count). The Morgan fingerprint density at radius 2 is 1.69 bits per heavy atom. The molecule has 3 atom stereocenters. The maximum atomic E-state index is 9.82. The molecule has 0 bridgehead atoms. The van der Waals surface area contributed by atoms with Gasteiger partial charge in [-0.05, 0) is 25.2 Å². The third-order valence-electron chi connectivity index (χ3n) is 3.39. The Labute approximate surface area is 102 Å². The maximum absolute atomic E-state index is 9.82. The fourth-order valence-electron chi connectivity index (χ4n) is 1.73. The van der Waals surface area contributed by atoms with E-state index in [-0.39, 0.29) is 6.10 Å². The van der Waals surface area contributed by atoms with Crippen LogP contribution in [0.4, 0.5) is 0 Å². The molecule has 0 amide bonds. The molecular formula is C14H31NO. The lowest BCUT2D eigenvalue weighted by atomic mass is 10.0. The zero-order valence-corrected chi connectivity index (χ0v) is 11.8. The van der Waals surface area contributed by atoms with E-state index in [0.717, 1.165) is 18.9 Å². The van der Waals surface area contributed by atoms with Gasteiger partial charge in [-0.2, -0.15) is 0 Å². The highest BCUT2D eigenvalue weighted by Crippen LogP contribution is 2.09. The number of aliphatic hydroxyl groups is 1. The Morgan fingerprint density at radius 3 is 2.19 bits per heavy atom. The highest BCUT2D eigenvalue weighted by atomic mass is 16.3. The van der Waals surface area contributed by atoms with E-state index in [2.05, 4.69) is 39.9 Å². The normalized spacial score (nSPS) is 17.4. The molecule has 0 saturated carbocycles. The van der Waals surface area contributed by atoms with Crippen molar-refractivity contribution < 1.29 is 5.11 Å². The quantitative estimate of drug-likeness (QED) is 0.636. The summed E-state index contributed by atoms with van der Waals surface area (Å²) < 4.78 is 0. The minimum absolute atomic E-state index is 0.197. The van der Waals surface area contributed by atoms with E-state index in [0.29, 0.717) is 12.0 Å². The van der Waals surface area contributed by atoms with Crippen molar-refractivity contribution in [3.8, 4) is 0 Å². The molecule has 0 aliphatic carbocycles. The summed E-state index contributed by atoms with van der Waals surface area (Å²) in [5.41, 5.74) is 0. The molecule has 2 heteroatoms. The summed E-state index contributed by atoms with van der Waals surface area (Å²) in [5, 5.41) is 13.2. The van der Waals surface area contributed by atoms with E-state index in [4.69, 9.17) is 0 Å². The van der Waals surface area contributed by atoms with E-state index in [9.17, 15) is 5.11 Å². The van der Waals surface area contributed by atoms with Crippen LogP contribution in [0.15, 0.2) is 0 Å². The van der Waals surface area contributed by atoms with Crippen molar-refractivity contribution in [1.82, 2.24) is 5.32 Å². The van der Waals surface area contributed by atoms with Crippen molar-refractivity contribution in [2.24, 2.45) is 11.8 Å². The third kappa shape index (κ3) is 8.12. The van der Waals surface area contributed by atoms with Crippen molar-refractivity contribution in [1.29, 1.82) is 0 Å². The van der Waals surface area contributed by atoms with Crippen molar-refractivity contribution in [3.05, 3.63) is 0 Å². The number of nitrogens with one attached hydrogen (secondary N) is 1. The highest BCUT2D eigenvalue weighted by molar-refractivity contribution is 4.69. The average molecular weight is 229 g/mol.